The van der Waals surface area contributed by atoms with Gasteiger partial charge in [0.25, 0.3) is 0 Å². The second kappa shape index (κ2) is 3.60. The number of aliphatic hydroxyl groups is 1. The van der Waals surface area contributed by atoms with Crippen LogP contribution in [0.25, 0.3) is 11.1 Å². The van der Waals surface area contributed by atoms with Crippen LogP contribution in [0.15, 0.2) is 42.5 Å². The van der Waals surface area contributed by atoms with Gasteiger partial charge in [0.05, 0.1) is 6.10 Å². The molecular formula is C15H14O2. The highest BCUT2D eigenvalue weighted by molar-refractivity contribution is 5.83. The van der Waals surface area contributed by atoms with Crippen LogP contribution in [-0.4, -0.2) is 16.3 Å². The van der Waals surface area contributed by atoms with Gasteiger partial charge < -0.3 is 10.2 Å². The van der Waals surface area contributed by atoms with Crippen molar-refractivity contribution in [3.05, 3.63) is 53.6 Å². The summed E-state index contributed by atoms with van der Waals surface area (Å²) in [6.07, 6.45) is -0.459. The lowest BCUT2D eigenvalue weighted by Crippen LogP contribution is -2.13. The van der Waals surface area contributed by atoms with Crippen LogP contribution in [0.4, 0.5) is 0 Å². The molecule has 17 heavy (non-hydrogen) atoms. The number of hydrogen-bond donors (Lipinski definition) is 2. The van der Waals surface area contributed by atoms with Gasteiger partial charge in [0.15, 0.2) is 0 Å². The maximum Gasteiger partial charge on any atom is 0.123 e. The van der Waals surface area contributed by atoms with Gasteiger partial charge in [0.2, 0.25) is 0 Å². The molecule has 2 nitrogen and oxygen atoms in total. The zero-order valence-electron chi connectivity index (χ0n) is 9.59. The van der Waals surface area contributed by atoms with Crippen LogP contribution in [-0.2, 0) is 0 Å². The molecule has 0 fully saturated rings. The zero-order chi connectivity index (χ0) is 12.0. The van der Waals surface area contributed by atoms with E-state index in [0.29, 0.717) is 0 Å². The lowest BCUT2D eigenvalue weighted by atomic mass is 9.92. The topological polar surface area (TPSA) is 40.5 Å². The van der Waals surface area contributed by atoms with Crippen molar-refractivity contribution in [3.8, 4) is 16.9 Å². The maximum absolute atomic E-state index is 10.00. The third kappa shape index (κ3) is 1.38. The van der Waals surface area contributed by atoms with Crippen molar-refractivity contribution in [2.24, 2.45) is 0 Å². The molecule has 0 aromatic heterocycles. The lowest BCUT2D eigenvalue weighted by molar-refractivity contribution is 0.178. The zero-order valence-corrected chi connectivity index (χ0v) is 9.59. The minimum absolute atomic E-state index is 0.0340. The smallest absolute Gasteiger partial charge is 0.123 e. The van der Waals surface area contributed by atoms with E-state index in [0.717, 1.165) is 22.3 Å². The number of benzene rings is 2. The van der Waals surface area contributed by atoms with Crippen LogP contribution in [0.2, 0.25) is 0 Å². The summed E-state index contributed by atoms with van der Waals surface area (Å²) >= 11 is 0. The summed E-state index contributed by atoms with van der Waals surface area (Å²) < 4.78 is 0. The highest BCUT2D eigenvalue weighted by Gasteiger charge is 2.32. The molecule has 2 aromatic carbocycles. The van der Waals surface area contributed by atoms with E-state index in [4.69, 9.17) is 0 Å². The number of hydrogen-bond acceptors (Lipinski definition) is 2. The molecule has 2 N–H and O–H groups in total. The Kier molecular flexibility index (Phi) is 2.20. The van der Waals surface area contributed by atoms with Crippen LogP contribution in [0.5, 0.6) is 5.75 Å². The SMILES string of the molecule is CC(O)C1c2ccccc2-c2c(O)cccc21. The summed E-state index contributed by atoms with van der Waals surface area (Å²) in [4.78, 5) is 0. The molecule has 0 amide bonds. The average Bonchev–Trinajstić information content (AvgIpc) is 2.64. The second-order valence-electron chi connectivity index (χ2n) is 4.55. The predicted octanol–water partition coefficient (Wildman–Crippen LogP) is 2.89. The molecule has 0 saturated carbocycles. The minimum Gasteiger partial charge on any atom is -0.507 e. The van der Waals surface area contributed by atoms with Crippen molar-refractivity contribution < 1.29 is 10.2 Å². The number of fused-ring (bicyclic) bond motifs is 3. The molecule has 0 spiro atoms. The van der Waals surface area contributed by atoms with Gasteiger partial charge in [-0.05, 0) is 29.7 Å². The monoisotopic (exact) mass is 226 g/mol. The van der Waals surface area contributed by atoms with Gasteiger partial charge in [-0.3, -0.25) is 0 Å². The van der Waals surface area contributed by atoms with E-state index >= 15 is 0 Å². The number of phenols is 1. The van der Waals surface area contributed by atoms with Gasteiger partial charge in [-0.1, -0.05) is 36.4 Å². The van der Waals surface area contributed by atoms with Crippen LogP contribution in [0.3, 0.4) is 0 Å². The second-order valence-corrected chi connectivity index (χ2v) is 4.55. The molecule has 0 radical (unpaired) electrons. The molecule has 0 aliphatic heterocycles. The molecule has 0 heterocycles. The van der Waals surface area contributed by atoms with Gasteiger partial charge in [-0.2, -0.15) is 0 Å². The highest BCUT2D eigenvalue weighted by Crippen LogP contribution is 2.49. The van der Waals surface area contributed by atoms with E-state index in [1.54, 1.807) is 13.0 Å². The normalized spacial score (nSPS) is 18.6. The number of rotatable bonds is 1. The largest absolute Gasteiger partial charge is 0.507 e. The summed E-state index contributed by atoms with van der Waals surface area (Å²) in [5.41, 5.74) is 4.01. The highest BCUT2D eigenvalue weighted by atomic mass is 16.3. The van der Waals surface area contributed by atoms with Gasteiger partial charge in [0.1, 0.15) is 5.75 Å². The van der Waals surface area contributed by atoms with Crippen molar-refractivity contribution in [1.82, 2.24) is 0 Å². The van der Waals surface area contributed by atoms with Crippen LogP contribution in [0.1, 0.15) is 24.0 Å². The Labute approximate surface area is 100 Å². The van der Waals surface area contributed by atoms with E-state index in [9.17, 15) is 10.2 Å². The van der Waals surface area contributed by atoms with Gasteiger partial charge in [-0.15, -0.1) is 0 Å². The Morgan fingerprint density at radius 3 is 2.47 bits per heavy atom. The van der Waals surface area contributed by atoms with Crippen molar-refractivity contribution in [3.63, 3.8) is 0 Å². The first-order valence-electron chi connectivity index (χ1n) is 5.79. The molecule has 86 valence electrons. The predicted molar refractivity (Wildman–Crippen MR) is 67.1 cm³/mol. The first-order chi connectivity index (χ1) is 8.20. The molecular weight excluding hydrogens is 212 g/mol. The molecule has 2 heteroatoms. The Morgan fingerprint density at radius 2 is 1.71 bits per heavy atom. The molecule has 3 rings (SSSR count). The third-order valence-corrected chi connectivity index (χ3v) is 3.46. The Balaban J connectivity index is 2.34. The Hall–Kier alpha value is -1.80. The van der Waals surface area contributed by atoms with Gasteiger partial charge >= 0.3 is 0 Å². The molecule has 1 aliphatic carbocycles. The number of aliphatic hydroxyl groups excluding tert-OH is 1. The lowest BCUT2D eigenvalue weighted by Gasteiger charge is -2.16. The molecule has 2 unspecified atom stereocenters. The third-order valence-electron chi connectivity index (χ3n) is 3.46. The fourth-order valence-corrected chi connectivity index (χ4v) is 2.79. The summed E-state index contributed by atoms with van der Waals surface area (Å²) in [7, 11) is 0. The first-order valence-corrected chi connectivity index (χ1v) is 5.79. The molecule has 0 saturated heterocycles. The maximum atomic E-state index is 10.00. The van der Waals surface area contributed by atoms with Crippen LogP contribution in [0, 0.1) is 0 Å². The van der Waals surface area contributed by atoms with Crippen molar-refractivity contribution in [2.75, 3.05) is 0 Å². The van der Waals surface area contributed by atoms with Crippen molar-refractivity contribution in [1.29, 1.82) is 0 Å². The van der Waals surface area contributed by atoms with Crippen molar-refractivity contribution in [2.45, 2.75) is 18.9 Å². The average molecular weight is 226 g/mol. The summed E-state index contributed by atoms with van der Waals surface area (Å²) in [6.45, 7) is 1.79. The van der Waals surface area contributed by atoms with E-state index in [-0.39, 0.29) is 11.7 Å². The van der Waals surface area contributed by atoms with Crippen LogP contribution < -0.4 is 0 Å². The van der Waals surface area contributed by atoms with E-state index < -0.39 is 6.10 Å². The van der Waals surface area contributed by atoms with E-state index in [1.165, 1.54) is 0 Å². The first kappa shape index (κ1) is 10.4. The fourth-order valence-electron chi connectivity index (χ4n) is 2.79. The quantitative estimate of drug-likeness (QED) is 0.785. The van der Waals surface area contributed by atoms with E-state index in [1.807, 2.05) is 36.4 Å². The summed E-state index contributed by atoms with van der Waals surface area (Å²) in [6, 6.07) is 13.4. The number of phenolic OH excluding ortho intramolecular Hbond substituents is 1. The van der Waals surface area contributed by atoms with Crippen LogP contribution >= 0.6 is 0 Å². The van der Waals surface area contributed by atoms with E-state index in [2.05, 4.69) is 0 Å². The minimum atomic E-state index is -0.459. The van der Waals surface area contributed by atoms with Gasteiger partial charge in [0, 0.05) is 11.5 Å². The van der Waals surface area contributed by atoms with Gasteiger partial charge in [-0.25, -0.2) is 0 Å². The summed E-state index contributed by atoms with van der Waals surface area (Å²) in [5.74, 6) is 0.256. The number of aromatic hydroxyl groups is 1. The summed E-state index contributed by atoms with van der Waals surface area (Å²) in [5, 5.41) is 20.0. The molecule has 0 bridgehead atoms. The molecule has 2 aromatic rings. The standard InChI is InChI=1S/C15H14O2/c1-9(16)14-10-5-2-3-6-11(10)15-12(14)7-4-8-13(15)17/h2-9,14,16-17H,1H3. The fraction of sp³-hybridized carbons (Fsp3) is 0.200. The Morgan fingerprint density at radius 1 is 1.00 bits per heavy atom. The Bertz CT molecular complexity index is 573. The van der Waals surface area contributed by atoms with Crippen molar-refractivity contribution >= 4 is 0 Å². The molecule has 1 aliphatic rings. The molecule has 2 atom stereocenters.